The van der Waals surface area contributed by atoms with Crippen molar-refractivity contribution in [2.45, 2.75) is 63.5 Å². The molecule has 3 N–H and O–H groups in total. The number of anilines is 3. The van der Waals surface area contributed by atoms with Crippen LogP contribution in [0.2, 0.25) is 0 Å². The number of nitrogens with one attached hydrogen (secondary N) is 3. The maximum Gasteiger partial charge on any atom is 0.330 e. The lowest BCUT2D eigenvalue weighted by atomic mass is 10.1. The fourth-order valence-electron chi connectivity index (χ4n) is 3.88. The van der Waals surface area contributed by atoms with Crippen molar-refractivity contribution in [2.75, 3.05) is 17.2 Å². The largest absolute Gasteiger partial charge is 0.870 e. The predicted octanol–water partition coefficient (Wildman–Crippen LogP) is 2.62. The van der Waals surface area contributed by atoms with Gasteiger partial charge >= 0.3 is 12.0 Å². The van der Waals surface area contributed by atoms with E-state index in [1.54, 1.807) is 0 Å². The van der Waals surface area contributed by atoms with Crippen LogP contribution in [0.1, 0.15) is 51.4 Å². The molecule has 2 fully saturated rings. The minimum Gasteiger partial charge on any atom is -0.870 e. The number of rotatable bonds is 6. The van der Waals surface area contributed by atoms with Crippen molar-refractivity contribution in [3.8, 4) is 11.8 Å². The molecule has 166 valence electrons. The van der Waals surface area contributed by atoms with Gasteiger partial charge in [-0.15, -0.1) is 0 Å². The molecule has 1 saturated carbocycles. The number of hydrogen-bond donors (Lipinski definition) is 3. The van der Waals surface area contributed by atoms with Gasteiger partial charge in [0.05, 0.1) is 0 Å². The lowest BCUT2D eigenvalue weighted by Crippen LogP contribution is -2.34. The molecule has 4 rings (SSSR count). The topological polar surface area (TPSA) is 124 Å². The zero-order valence-corrected chi connectivity index (χ0v) is 17.2. The highest BCUT2D eigenvalue weighted by Crippen LogP contribution is 2.24. The summed E-state index contributed by atoms with van der Waals surface area (Å²) < 4.78 is 19.0. The zero-order chi connectivity index (χ0) is 21.6. The Morgan fingerprint density at radius 3 is 2.55 bits per heavy atom. The molecule has 9 nitrogen and oxygen atoms in total. The maximum atomic E-state index is 13.6. The molecule has 10 heteroatoms. The van der Waals surface area contributed by atoms with Crippen LogP contribution in [0.3, 0.4) is 0 Å². The van der Waals surface area contributed by atoms with Gasteiger partial charge in [-0.3, -0.25) is 0 Å². The van der Waals surface area contributed by atoms with E-state index < -0.39 is 17.5 Å². The number of esters is 1. The van der Waals surface area contributed by atoms with Crippen LogP contribution in [0.5, 0.6) is 11.8 Å². The van der Waals surface area contributed by atoms with Gasteiger partial charge in [0.1, 0.15) is 11.9 Å². The highest BCUT2D eigenvalue weighted by molar-refractivity contribution is 5.78. The standard InChI is InChI=1S/C21H27FN6O3/c22-15-12-14(9-10-17(15)29)25-20-26-19(24-13-6-3-1-2-4-7-13)27-21(28-20)31-18(30)16-8-5-11-23-16/h9-10,12-13,16,23,29H,1-8,11H2,(H2,24,25,26,27,28)/p-1. The third-order valence-corrected chi connectivity index (χ3v) is 5.53. The molecule has 1 aromatic heterocycles. The van der Waals surface area contributed by atoms with Crippen molar-refractivity contribution in [1.82, 2.24) is 20.3 Å². The van der Waals surface area contributed by atoms with Gasteiger partial charge in [0, 0.05) is 11.7 Å². The van der Waals surface area contributed by atoms with E-state index in [2.05, 4.69) is 30.9 Å². The van der Waals surface area contributed by atoms with Crippen molar-refractivity contribution < 1.29 is 19.0 Å². The Kier molecular flexibility index (Phi) is 6.76. The molecule has 1 saturated heterocycles. The molecule has 31 heavy (non-hydrogen) atoms. The van der Waals surface area contributed by atoms with Crippen molar-refractivity contribution in [3.63, 3.8) is 0 Å². The number of aromatic nitrogens is 3. The van der Waals surface area contributed by atoms with Gasteiger partial charge in [-0.05, 0) is 44.4 Å². The van der Waals surface area contributed by atoms with Gasteiger partial charge in [0.2, 0.25) is 11.9 Å². The van der Waals surface area contributed by atoms with E-state index in [1.165, 1.54) is 18.9 Å². The number of nitrogens with zero attached hydrogens (tertiary/aromatic N) is 3. The van der Waals surface area contributed by atoms with Crippen LogP contribution in [0, 0.1) is 5.82 Å². The second-order valence-corrected chi connectivity index (χ2v) is 7.94. The Bertz CT molecular complexity index is 914. The molecule has 2 heterocycles. The number of benzene rings is 1. The van der Waals surface area contributed by atoms with Crippen LogP contribution in [0.25, 0.3) is 0 Å². The Hall–Kier alpha value is -3.01. The van der Waals surface area contributed by atoms with Crippen LogP contribution in [0.15, 0.2) is 18.2 Å². The molecule has 2 aliphatic rings. The SMILES string of the molecule is O=C(Oc1nc(Nc2ccc([O-])c(F)c2)nc(NC2CCCCCC2)n1)C1CCCN1. The molecule has 0 amide bonds. The molecular weight excluding hydrogens is 403 g/mol. The molecular formula is C21H26FN6O3-. The van der Waals surface area contributed by atoms with Crippen LogP contribution in [-0.4, -0.2) is 39.5 Å². The zero-order valence-electron chi connectivity index (χ0n) is 17.2. The van der Waals surface area contributed by atoms with Crippen molar-refractivity contribution in [3.05, 3.63) is 24.0 Å². The molecule has 1 aliphatic carbocycles. The highest BCUT2D eigenvalue weighted by Gasteiger charge is 2.25. The number of ether oxygens (including phenoxy) is 1. The molecule has 1 aliphatic heterocycles. The minimum atomic E-state index is -0.880. The summed E-state index contributed by atoms with van der Waals surface area (Å²) in [6.45, 7) is 0.763. The summed E-state index contributed by atoms with van der Waals surface area (Å²) >= 11 is 0. The molecule has 1 atom stereocenters. The summed E-state index contributed by atoms with van der Waals surface area (Å²) in [6, 6.07) is 3.32. The number of halogens is 1. The summed E-state index contributed by atoms with van der Waals surface area (Å²) in [7, 11) is 0. The number of carbonyl (C=O) groups is 1. The number of carbonyl (C=O) groups excluding carboxylic acids is 1. The van der Waals surface area contributed by atoms with Crippen molar-refractivity contribution >= 4 is 23.6 Å². The summed E-state index contributed by atoms with van der Waals surface area (Å²) in [5, 5.41) is 20.6. The van der Waals surface area contributed by atoms with E-state index in [-0.39, 0.29) is 30.0 Å². The highest BCUT2D eigenvalue weighted by atomic mass is 19.1. The van der Waals surface area contributed by atoms with Gasteiger partial charge in [0.15, 0.2) is 0 Å². The molecule has 2 aromatic rings. The first kappa shape index (κ1) is 21.2. The fourth-order valence-corrected chi connectivity index (χ4v) is 3.88. The monoisotopic (exact) mass is 429 g/mol. The normalized spacial score (nSPS) is 19.6. The smallest absolute Gasteiger partial charge is 0.330 e. The van der Waals surface area contributed by atoms with Gasteiger partial charge in [-0.25, -0.2) is 9.18 Å². The first-order chi connectivity index (χ1) is 15.1. The predicted molar refractivity (Wildman–Crippen MR) is 111 cm³/mol. The maximum absolute atomic E-state index is 13.6. The van der Waals surface area contributed by atoms with Crippen molar-refractivity contribution in [2.24, 2.45) is 0 Å². The second-order valence-electron chi connectivity index (χ2n) is 7.94. The quantitative estimate of drug-likeness (QED) is 0.469. The van der Waals surface area contributed by atoms with E-state index in [0.29, 0.717) is 12.1 Å². The van der Waals surface area contributed by atoms with Crippen LogP contribution in [-0.2, 0) is 4.79 Å². The summed E-state index contributed by atoms with van der Waals surface area (Å²) in [4.78, 5) is 25.2. The molecule has 0 radical (unpaired) electrons. The molecule has 1 aromatic carbocycles. The van der Waals surface area contributed by atoms with Gasteiger partial charge < -0.3 is 25.8 Å². The van der Waals surface area contributed by atoms with Gasteiger partial charge in [-0.1, -0.05) is 37.5 Å². The Morgan fingerprint density at radius 2 is 1.84 bits per heavy atom. The summed E-state index contributed by atoms with van der Waals surface area (Å²) in [6.07, 6.45) is 8.29. The van der Waals surface area contributed by atoms with E-state index in [4.69, 9.17) is 4.74 Å². The van der Waals surface area contributed by atoms with Crippen LogP contribution >= 0.6 is 0 Å². The first-order valence-corrected chi connectivity index (χ1v) is 10.8. The third-order valence-electron chi connectivity index (χ3n) is 5.53. The Balaban J connectivity index is 1.55. The van der Waals surface area contributed by atoms with E-state index in [0.717, 1.165) is 50.8 Å². The molecule has 0 bridgehead atoms. The van der Waals surface area contributed by atoms with Gasteiger partial charge in [-0.2, -0.15) is 15.0 Å². The average Bonchev–Trinajstić information content (AvgIpc) is 3.17. The van der Waals surface area contributed by atoms with E-state index in [9.17, 15) is 14.3 Å². The average molecular weight is 429 g/mol. The Labute approximate surface area is 179 Å². The lowest BCUT2D eigenvalue weighted by molar-refractivity contribution is -0.272. The van der Waals surface area contributed by atoms with E-state index >= 15 is 0 Å². The number of hydrogen-bond acceptors (Lipinski definition) is 9. The summed E-state index contributed by atoms with van der Waals surface area (Å²) in [5.41, 5.74) is 0.304. The van der Waals surface area contributed by atoms with Crippen LogP contribution < -0.4 is 25.8 Å². The molecule has 1 unspecified atom stereocenters. The first-order valence-electron chi connectivity index (χ1n) is 10.8. The minimum absolute atomic E-state index is 0.0892. The van der Waals surface area contributed by atoms with Crippen molar-refractivity contribution in [1.29, 1.82) is 0 Å². The van der Waals surface area contributed by atoms with E-state index in [1.807, 2.05) is 0 Å². The molecule has 0 spiro atoms. The lowest BCUT2D eigenvalue weighted by Gasteiger charge is -2.17. The van der Waals surface area contributed by atoms with Gasteiger partial charge in [0.25, 0.3) is 0 Å². The van der Waals surface area contributed by atoms with Crippen LogP contribution in [0.4, 0.5) is 22.0 Å². The second kappa shape index (κ2) is 9.86. The Morgan fingerprint density at radius 1 is 1.06 bits per heavy atom. The summed E-state index contributed by atoms with van der Waals surface area (Å²) in [5.74, 6) is -1.65. The fraction of sp³-hybridized carbons (Fsp3) is 0.524. The third kappa shape index (κ3) is 5.78.